The van der Waals surface area contributed by atoms with E-state index in [1.165, 1.54) is 12.1 Å². The van der Waals surface area contributed by atoms with Gasteiger partial charge in [0.25, 0.3) is 5.69 Å². The molecule has 0 saturated carbocycles. The monoisotopic (exact) mass is 269 g/mol. The predicted molar refractivity (Wildman–Crippen MR) is 79.6 cm³/mol. The van der Waals surface area contributed by atoms with Gasteiger partial charge in [0.2, 0.25) is 0 Å². The van der Waals surface area contributed by atoms with Crippen LogP contribution in [0.25, 0.3) is 0 Å². The number of anilines is 1. The van der Waals surface area contributed by atoms with Crippen LogP contribution in [0.15, 0.2) is 48.5 Å². The van der Waals surface area contributed by atoms with Crippen molar-refractivity contribution in [2.75, 3.05) is 11.9 Å². The van der Waals surface area contributed by atoms with Crippen molar-refractivity contribution in [3.63, 3.8) is 0 Å². The number of nitrogens with zero attached hydrogens (tertiary/aromatic N) is 1. The molecule has 20 heavy (non-hydrogen) atoms. The fourth-order valence-electron chi connectivity index (χ4n) is 1.96. The second kappa shape index (κ2) is 5.97. The first kappa shape index (κ1) is 13.7. The fourth-order valence-corrected chi connectivity index (χ4v) is 1.96. The van der Waals surface area contributed by atoms with Crippen molar-refractivity contribution in [1.82, 2.24) is 0 Å². The van der Waals surface area contributed by atoms with Gasteiger partial charge in [-0.15, -0.1) is 0 Å². The molecule has 0 amide bonds. The summed E-state index contributed by atoms with van der Waals surface area (Å²) in [4.78, 5) is 10.4. The Morgan fingerprint density at radius 1 is 1.25 bits per heavy atom. The molecular weight excluding hydrogens is 254 g/mol. The Bertz CT molecular complexity index is 639. The summed E-state index contributed by atoms with van der Waals surface area (Å²) >= 11 is 0. The first-order valence-electron chi connectivity index (χ1n) is 6.30. The number of hydrogen-bond donors (Lipinski definition) is 2. The van der Waals surface area contributed by atoms with Crippen LogP contribution in [0.5, 0.6) is 0 Å². The molecule has 0 spiro atoms. The Labute approximate surface area is 116 Å². The molecule has 5 heteroatoms. The standard InChI is InChI=1S/C15H15N3O2/c1-2-17-14-9-8-12(18(19)20)10-13(14)15(16)11-6-4-3-5-7-11/h3-10,16-17H,2H2,1H3. The highest BCUT2D eigenvalue weighted by molar-refractivity contribution is 6.14. The largest absolute Gasteiger partial charge is 0.385 e. The van der Waals surface area contributed by atoms with E-state index in [0.717, 1.165) is 11.3 Å². The summed E-state index contributed by atoms with van der Waals surface area (Å²) in [6.07, 6.45) is 0. The quantitative estimate of drug-likeness (QED) is 0.495. The van der Waals surface area contributed by atoms with Gasteiger partial charge in [-0.25, -0.2) is 0 Å². The lowest BCUT2D eigenvalue weighted by atomic mass is 10.00. The molecular formula is C15H15N3O2. The highest BCUT2D eigenvalue weighted by Gasteiger charge is 2.15. The topological polar surface area (TPSA) is 79.0 Å². The van der Waals surface area contributed by atoms with Crippen LogP contribution in [-0.4, -0.2) is 17.2 Å². The molecule has 2 N–H and O–H groups in total. The maximum absolute atomic E-state index is 10.9. The number of nitro benzene ring substituents is 1. The highest BCUT2D eigenvalue weighted by Crippen LogP contribution is 2.24. The first-order valence-corrected chi connectivity index (χ1v) is 6.30. The smallest absolute Gasteiger partial charge is 0.270 e. The van der Waals surface area contributed by atoms with Gasteiger partial charge in [0.15, 0.2) is 0 Å². The predicted octanol–water partition coefficient (Wildman–Crippen LogP) is 3.44. The number of rotatable bonds is 5. The van der Waals surface area contributed by atoms with E-state index in [-0.39, 0.29) is 11.4 Å². The van der Waals surface area contributed by atoms with E-state index in [1.807, 2.05) is 37.3 Å². The molecule has 0 aliphatic heterocycles. The van der Waals surface area contributed by atoms with E-state index in [9.17, 15) is 10.1 Å². The van der Waals surface area contributed by atoms with Crippen molar-refractivity contribution in [1.29, 1.82) is 5.41 Å². The summed E-state index contributed by atoms with van der Waals surface area (Å²) in [5, 5.41) is 22.3. The summed E-state index contributed by atoms with van der Waals surface area (Å²) in [6, 6.07) is 13.7. The molecule has 0 fully saturated rings. The summed E-state index contributed by atoms with van der Waals surface area (Å²) in [7, 11) is 0. The van der Waals surface area contributed by atoms with E-state index in [1.54, 1.807) is 6.07 Å². The number of nitro groups is 1. The van der Waals surface area contributed by atoms with E-state index in [0.29, 0.717) is 12.1 Å². The Hall–Kier alpha value is -2.69. The van der Waals surface area contributed by atoms with Crippen molar-refractivity contribution in [2.45, 2.75) is 6.92 Å². The molecule has 0 saturated heterocycles. The van der Waals surface area contributed by atoms with Crippen LogP contribution in [0.4, 0.5) is 11.4 Å². The lowest BCUT2D eigenvalue weighted by Crippen LogP contribution is -2.08. The Morgan fingerprint density at radius 2 is 1.95 bits per heavy atom. The highest BCUT2D eigenvalue weighted by atomic mass is 16.6. The molecule has 2 rings (SSSR count). The van der Waals surface area contributed by atoms with Crippen molar-refractivity contribution < 1.29 is 4.92 Å². The molecule has 0 radical (unpaired) electrons. The number of non-ortho nitro benzene ring substituents is 1. The van der Waals surface area contributed by atoms with Crippen LogP contribution in [0.3, 0.4) is 0 Å². The van der Waals surface area contributed by atoms with Gasteiger partial charge in [0.05, 0.1) is 10.6 Å². The maximum atomic E-state index is 10.9. The summed E-state index contributed by atoms with van der Waals surface area (Å²) < 4.78 is 0. The maximum Gasteiger partial charge on any atom is 0.270 e. The fraction of sp³-hybridized carbons (Fsp3) is 0.133. The average molecular weight is 269 g/mol. The van der Waals surface area contributed by atoms with Gasteiger partial charge < -0.3 is 5.32 Å². The zero-order valence-corrected chi connectivity index (χ0v) is 11.1. The van der Waals surface area contributed by atoms with Gasteiger partial charge in [-0.1, -0.05) is 30.3 Å². The van der Waals surface area contributed by atoms with Crippen LogP contribution in [-0.2, 0) is 0 Å². The minimum atomic E-state index is -0.447. The molecule has 0 atom stereocenters. The zero-order valence-electron chi connectivity index (χ0n) is 11.1. The summed E-state index contributed by atoms with van der Waals surface area (Å²) in [5.74, 6) is 0. The molecule has 2 aromatic rings. The molecule has 0 aromatic heterocycles. The number of benzene rings is 2. The van der Waals surface area contributed by atoms with Crippen LogP contribution in [0.1, 0.15) is 18.1 Å². The molecule has 0 aliphatic rings. The normalized spacial score (nSPS) is 10.1. The molecule has 2 aromatic carbocycles. The first-order chi connectivity index (χ1) is 9.63. The Balaban J connectivity index is 2.49. The summed E-state index contributed by atoms with van der Waals surface area (Å²) in [6.45, 7) is 2.63. The van der Waals surface area contributed by atoms with Crippen molar-refractivity contribution >= 4 is 17.1 Å². The lowest BCUT2D eigenvalue weighted by Gasteiger charge is -2.12. The third-order valence-corrected chi connectivity index (χ3v) is 2.91. The van der Waals surface area contributed by atoms with Gasteiger partial charge in [-0.05, 0) is 13.0 Å². The number of hydrogen-bond acceptors (Lipinski definition) is 4. The van der Waals surface area contributed by atoms with E-state index in [2.05, 4.69) is 5.32 Å². The van der Waals surface area contributed by atoms with Crippen molar-refractivity contribution in [3.05, 3.63) is 69.8 Å². The summed E-state index contributed by atoms with van der Waals surface area (Å²) in [5.41, 5.74) is 2.25. The van der Waals surface area contributed by atoms with E-state index < -0.39 is 4.92 Å². The Kier molecular flexibility index (Phi) is 4.10. The van der Waals surface area contributed by atoms with Crippen LogP contribution in [0, 0.1) is 15.5 Å². The van der Waals surface area contributed by atoms with Crippen molar-refractivity contribution in [2.24, 2.45) is 0 Å². The minimum Gasteiger partial charge on any atom is -0.385 e. The molecule has 102 valence electrons. The van der Waals surface area contributed by atoms with Gasteiger partial charge in [0.1, 0.15) is 0 Å². The lowest BCUT2D eigenvalue weighted by molar-refractivity contribution is -0.384. The van der Waals surface area contributed by atoms with E-state index in [4.69, 9.17) is 5.41 Å². The minimum absolute atomic E-state index is 0.0117. The van der Waals surface area contributed by atoms with Gasteiger partial charge in [-0.3, -0.25) is 15.5 Å². The molecule has 0 heterocycles. The van der Waals surface area contributed by atoms with Crippen molar-refractivity contribution in [3.8, 4) is 0 Å². The second-order valence-corrected chi connectivity index (χ2v) is 4.26. The van der Waals surface area contributed by atoms with Crippen LogP contribution in [0.2, 0.25) is 0 Å². The van der Waals surface area contributed by atoms with E-state index >= 15 is 0 Å². The van der Waals surface area contributed by atoms with Crippen LogP contribution >= 0.6 is 0 Å². The third-order valence-electron chi connectivity index (χ3n) is 2.91. The van der Waals surface area contributed by atoms with Gasteiger partial charge >= 0.3 is 0 Å². The Morgan fingerprint density at radius 3 is 2.55 bits per heavy atom. The third kappa shape index (κ3) is 2.83. The molecule has 5 nitrogen and oxygen atoms in total. The average Bonchev–Trinajstić information content (AvgIpc) is 2.48. The SMILES string of the molecule is CCNc1ccc([N+](=O)[O-])cc1C(=N)c1ccccc1. The molecule has 0 bridgehead atoms. The molecule has 0 unspecified atom stereocenters. The van der Waals surface area contributed by atoms with Gasteiger partial charge in [-0.2, -0.15) is 0 Å². The zero-order chi connectivity index (χ0) is 14.5. The van der Waals surface area contributed by atoms with Crippen LogP contribution < -0.4 is 5.32 Å². The molecule has 0 aliphatic carbocycles. The van der Waals surface area contributed by atoms with Gasteiger partial charge in [0, 0.05) is 35.5 Å². The number of nitrogens with one attached hydrogen (secondary N) is 2. The second-order valence-electron chi connectivity index (χ2n) is 4.26.